The van der Waals surface area contributed by atoms with Gasteiger partial charge in [0.15, 0.2) is 16.5 Å². The van der Waals surface area contributed by atoms with Crippen LogP contribution in [0.25, 0.3) is 21.0 Å². The van der Waals surface area contributed by atoms with E-state index in [0.29, 0.717) is 18.1 Å². The molecule has 0 radical (unpaired) electrons. The number of amides is 1. The Balaban J connectivity index is 1.49. The van der Waals surface area contributed by atoms with Gasteiger partial charge in [-0.3, -0.25) is 4.79 Å². The molecule has 0 aliphatic rings. The molecule has 0 saturated carbocycles. The average Bonchev–Trinajstić information content (AvgIpc) is 3.31. The fourth-order valence-corrected chi connectivity index (χ4v) is 3.16. The maximum absolute atomic E-state index is 11.8. The molecule has 6 heteroatoms. The number of nitrogens with zero attached hydrogens (tertiary/aromatic N) is 1. The zero-order valence-corrected chi connectivity index (χ0v) is 12.8. The number of furan rings is 2. The molecule has 0 bridgehead atoms. The number of aromatic nitrogens is 1. The van der Waals surface area contributed by atoms with Crippen molar-refractivity contribution >= 4 is 27.5 Å². The second-order valence-corrected chi connectivity index (χ2v) is 5.94. The van der Waals surface area contributed by atoms with Gasteiger partial charge in [0.25, 0.3) is 5.91 Å². The van der Waals surface area contributed by atoms with Crippen LogP contribution in [0.5, 0.6) is 0 Å². The molecule has 0 spiro atoms. The third-order valence-electron chi connectivity index (χ3n) is 3.33. The molecule has 114 valence electrons. The lowest BCUT2D eigenvalue weighted by molar-refractivity contribution is 0.0920. The largest absolute Gasteiger partial charge is 0.459 e. The Morgan fingerprint density at radius 2 is 2.04 bits per heavy atom. The lowest BCUT2D eigenvalue weighted by atomic mass is 10.3. The molecule has 0 aliphatic heterocycles. The van der Waals surface area contributed by atoms with Crippen LogP contribution in [0, 0.1) is 0 Å². The van der Waals surface area contributed by atoms with E-state index in [1.54, 1.807) is 23.5 Å². The molecule has 0 unspecified atom stereocenters. The summed E-state index contributed by atoms with van der Waals surface area (Å²) < 4.78 is 11.9. The van der Waals surface area contributed by atoms with Crippen molar-refractivity contribution in [3.63, 3.8) is 0 Å². The van der Waals surface area contributed by atoms with Gasteiger partial charge in [-0.2, -0.15) is 0 Å². The maximum atomic E-state index is 11.8. The molecule has 23 heavy (non-hydrogen) atoms. The summed E-state index contributed by atoms with van der Waals surface area (Å²) in [7, 11) is 0. The van der Waals surface area contributed by atoms with E-state index in [0.717, 1.165) is 15.2 Å². The third kappa shape index (κ3) is 2.76. The highest BCUT2D eigenvalue weighted by molar-refractivity contribution is 7.21. The Hall–Kier alpha value is -2.86. The van der Waals surface area contributed by atoms with Crippen LogP contribution >= 0.6 is 11.3 Å². The summed E-state index contributed by atoms with van der Waals surface area (Å²) in [5, 5.41) is 3.58. The number of rotatable bonds is 4. The summed E-state index contributed by atoms with van der Waals surface area (Å²) in [6.45, 7) is 0.296. The topological polar surface area (TPSA) is 68.3 Å². The average molecular weight is 324 g/mol. The van der Waals surface area contributed by atoms with E-state index in [9.17, 15) is 4.79 Å². The first-order valence-corrected chi connectivity index (χ1v) is 7.87. The predicted molar refractivity (Wildman–Crippen MR) is 87.2 cm³/mol. The Morgan fingerprint density at radius 3 is 2.87 bits per heavy atom. The summed E-state index contributed by atoms with van der Waals surface area (Å²) in [6, 6.07) is 14.9. The van der Waals surface area contributed by atoms with Crippen molar-refractivity contribution in [1.82, 2.24) is 10.3 Å². The lowest BCUT2D eigenvalue weighted by Crippen LogP contribution is -2.21. The summed E-state index contributed by atoms with van der Waals surface area (Å²) in [6.07, 6.45) is 1.47. The van der Waals surface area contributed by atoms with Gasteiger partial charge >= 0.3 is 0 Å². The first-order valence-electron chi connectivity index (χ1n) is 7.06. The molecule has 0 aliphatic carbocycles. The highest BCUT2D eigenvalue weighted by Gasteiger charge is 2.12. The number of hydrogen-bond acceptors (Lipinski definition) is 5. The van der Waals surface area contributed by atoms with Crippen LogP contribution in [0.4, 0.5) is 0 Å². The van der Waals surface area contributed by atoms with E-state index >= 15 is 0 Å². The molecule has 5 nitrogen and oxygen atoms in total. The van der Waals surface area contributed by atoms with Crippen molar-refractivity contribution in [3.05, 3.63) is 66.3 Å². The molecule has 0 atom stereocenters. The molecule has 1 aromatic carbocycles. The summed E-state index contributed by atoms with van der Waals surface area (Å²) >= 11 is 1.58. The van der Waals surface area contributed by atoms with Gasteiger partial charge in [-0.25, -0.2) is 4.98 Å². The number of nitrogens with one attached hydrogen (secondary N) is 1. The third-order valence-corrected chi connectivity index (χ3v) is 4.39. The van der Waals surface area contributed by atoms with Crippen molar-refractivity contribution in [2.24, 2.45) is 0 Å². The van der Waals surface area contributed by atoms with Gasteiger partial charge in [0.05, 0.1) is 23.0 Å². The Morgan fingerprint density at radius 1 is 1.13 bits per heavy atom. The van der Waals surface area contributed by atoms with Gasteiger partial charge in [0, 0.05) is 0 Å². The molecule has 0 fully saturated rings. The van der Waals surface area contributed by atoms with Crippen LogP contribution in [0.3, 0.4) is 0 Å². The highest BCUT2D eigenvalue weighted by atomic mass is 32.1. The lowest BCUT2D eigenvalue weighted by Gasteiger charge is -1.99. The van der Waals surface area contributed by atoms with Crippen molar-refractivity contribution in [2.75, 3.05) is 0 Å². The molecule has 1 N–H and O–H groups in total. The molecule has 1 amide bonds. The summed E-state index contributed by atoms with van der Waals surface area (Å²) in [5.41, 5.74) is 0.955. The minimum absolute atomic E-state index is 0.270. The fourth-order valence-electron chi connectivity index (χ4n) is 2.23. The first kappa shape index (κ1) is 13.8. The van der Waals surface area contributed by atoms with Crippen molar-refractivity contribution < 1.29 is 13.6 Å². The predicted octanol–water partition coefficient (Wildman–Crippen LogP) is 4.08. The molecule has 0 saturated heterocycles. The van der Waals surface area contributed by atoms with Gasteiger partial charge < -0.3 is 14.2 Å². The maximum Gasteiger partial charge on any atom is 0.287 e. The quantitative estimate of drug-likeness (QED) is 0.614. The number of para-hydroxylation sites is 1. The van der Waals surface area contributed by atoms with Gasteiger partial charge in [-0.05, 0) is 36.4 Å². The fraction of sp³-hybridized carbons (Fsp3) is 0.0588. The summed E-state index contributed by atoms with van der Waals surface area (Å²) in [4.78, 5) is 16.4. The Bertz CT molecular complexity index is 920. The van der Waals surface area contributed by atoms with Crippen LogP contribution in [0.2, 0.25) is 0 Å². The van der Waals surface area contributed by atoms with E-state index in [1.165, 1.54) is 6.26 Å². The Kier molecular flexibility index (Phi) is 3.44. The first-order chi connectivity index (χ1) is 11.3. The van der Waals surface area contributed by atoms with Crippen LogP contribution in [0.15, 0.2) is 63.6 Å². The molecule has 4 rings (SSSR count). The number of carbonyl (C=O) groups is 1. The van der Waals surface area contributed by atoms with E-state index in [2.05, 4.69) is 10.3 Å². The molecule has 3 aromatic heterocycles. The van der Waals surface area contributed by atoms with Crippen LogP contribution in [-0.4, -0.2) is 10.9 Å². The standard InChI is InChI=1S/C17H12N2O3S/c20-16(13-5-3-9-21-13)18-10-11-7-8-14(22-11)17-19-12-4-1-2-6-15(12)23-17/h1-9H,10H2,(H,18,20). The highest BCUT2D eigenvalue weighted by Crippen LogP contribution is 2.31. The number of benzene rings is 1. The molecular weight excluding hydrogens is 312 g/mol. The van der Waals surface area contributed by atoms with Gasteiger partial charge in [-0.15, -0.1) is 11.3 Å². The monoisotopic (exact) mass is 324 g/mol. The smallest absolute Gasteiger partial charge is 0.287 e. The van der Waals surface area contributed by atoms with E-state index < -0.39 is 0 Å². The SMILES string of the molecule is O=C(NCc1ccc(-c2nc3ccccc3s2)o1)c1ccco1. The number of thiazole rings is 1. The number of carbonyl (C=O) groups excluding carboxylic acids is 1. The Labute approximate surface area is 135 Å². The van der Waals surface area contributed by atoms with Crippen molar-refractivity contribution in [1.29, 1.82) is 0 Å². The van der Waals surface area contributed by atoms with Crippen LogP contribution in [-0.2, 0) is 6.54 Å². The van der Waals surface area contributed by atoms with Gasteiger partial charge in [0.2, 0.25) is 0 Å². The van der Waals surface area contributed by atoms with Crippen molar-refractivity contribution in [3.8, 4) is 10.8 Å². The van der Waals surface area contributed by atoms with Gasteiger partial charge in [-0.1, -0.05) is 12.1 Å². The van der Waals surface area contributed by atoms with E-state index in [1.807, 2.05) is 36.4 Å². The zero-order chi connectivity index (χ0) is 15.6. The summed E-state index contributed by atoms with van der Waals surface area (Å²) in [5.74, 6) is 1.38. The minimum atomic E-state index is -0.270. The molecule has 4 aromatic rings. The van der Waals surface area contributed by atoms with E-state index in [-0.39, 0.29) is 11.7 Å². The van der Waals surface area contributed by atoms with Crippen LogP contribution < -0.4 is 5.32 Å². The second kappa shape index (κ2) is 5.73. The van der Waals surface area contributed by atoms with Gasteiger partial charge in [0.1, 0.15) is 5.76 Å². The molecule has 3 heterocycles. The van der Waals surface area contributed by atoms with Crippen molar-refractivity contribution in [2.45, 2.75) is 6.54 Å². The van der Waals surface area contributed by atoms with E-state index in [4.69, 9.17) is 8.83 Å². The second-order valence-electron chi connectivity index (χ2n) is 4.91. The molecular formula is C17H12N2O3S. The number of hydrogen-bond donors (Lipinski definition) is 1. The number of fused-ring (bicyclic) bond motifs is 1. The normalized spacial score (nSPS) is 11.0. The minimum Gasteiger partial charge on any atom is -0.459 e. The zero-order valence-electron chi connectivity index (χ0n) is 12.0. The van der Waals surface area contributed by atoms with Crippen LogP contribution in [0.1, 0.15) is 16.3 Å².